The Labute approximate surface area is 117 Å². The van der Waals surface area contributed by atoms with Gasteiger partial charge in [-0.1, -0.05) is 11.6 Å². The number of benzene rings is 1. The van der Waals surface area contributed by atoms with E-state index in [1.807, 2.05) is 0 Å². The fourth-order valence-electron chi connectivity index (χ4n) is 1.93. The highest BCUT2D eigenvalue weighted by Gasteiger charge is 2.32. The van der Waals surface area contributed by atoms with Gasteiger partial charge in [0.1, 0.15) is 0 Å². The summed E-state index contributed by atoms with van der Waals surface area (Å²) in [5, 5.41) is 14.3. The molecule has 1 aliphatic rings. The summed E-state index contributed by atoms with van der Waals surface area (Å²) in [4.78, 5) is 11.8. The molecule has 1 aromatic rings. The molecule has 0 aliphatic carbocycles. The third kappa shape index (κ3) is 3.41. The Morgan fingerprint density at radius 2 is 2.15 bits per heavy atom. The molecular weight excluding hydrogens is 297 g/mol. The van der Waals surface area contributed by atoms with E-state index in [2.05, 4.69) is 10.6 Å². The van der Waals surface area contributed by atoms with Crippen LogP contribution in [0.15, 0.2) is 18.2 Å². The third-order valence-electron chi connectivity index (χ3n) is 2.98. The lowest BCUT2D eigenvalue weighted by atomic mass is 10.1. The lowest BCUT2D eigenvalue weighted by molar-refractivity contribution is -0.137. The number of nitrogens with one attached hydrogen (secondary N) is 2. The summed E-state index contributed by atoms with van der Waals surface area (Å²) in [5.74, 6) is -0.441. The van der Waals surface area contributed by atoms with Crippen LogP contribution in [0.1, 0.15) is 12.0 Å². The number of carbonyl (C=O) groups excluding carboxylic acids is 1. The van der Waals surface area contributed by atoms with Gasteiger partial charge in [0.05, 0.1) is 28.4 Å². The van der Waals surface area contributed by atoms with Gasteiger partial charge in [-0.25, -0.2) is 0 Å². The molecule has 2 atom stereocenters. The molecule has 1 aromatic carbocycles. The lowest BCUT2D eigenvalue weighted by Gasteiger charge is -2.13. The van der Waals surface area contributed by atoms with Gasteiger partial charge in [-0.05, 0) is 24.6 Å². The van der Waals surface area contributed by atoms with Gasteiger partial charge in [0.25, 0.3) is 0 Å². The number of aliphatic hydroxyl groups excluding tert-OH is 1. The smallest absolute Gasteiger partial charge is 0.392 e. The topological polar surface area (TPSA) is 61.4 Å². The summed E-state index contributed by atoms with van der Waals surface area (Å²) < 4.78 is 37.4. The summed E-state index contributed by atoms with van der Waals surface area (Å²) in [5.41, 5.74) is -0.775. The first-order valence-electron chi connectivity index (χ1n) is 5.86. The standard InChI is InChI=1S/C12H12ClF3N2O2/c13-8-3-6(12(14,15)16)1-2-9(8)18-11(20)10-4-7(19)5-17-10/h1-3,7,10,17,19H,4-5H2,(H,18,20). The van der Waals surface area contributed by atoms with E-state index in [0.29, 0.717) is 6.54 Å². The minimum absolute atomic E-state index is 0.104. The molecule has 1 aliphatic heterocycles. The van der Waals surface area contributed by atoms with Crippen molar-refractivity contribution in [3.05, 3.63) is 28.8 Å². The molecule has 0 spiro atoms. The van der Waals surface area contributed by atoms with Crippen LogP contribution in [0.25, 0.3) is 0 Å². The van der Waals surface area contributed by atoms with Crippen LogP contribution in [0.5, 0.6) is 0 Å². The van der Waals surface area contributed by atoms with Crippen LogP contribution in [0.4, 0.5) is 18.9 Å². The maximum atomic E-state index is 12.5. The number of carbonyl (C=O) groups is 1. The average Bonchev–Trinajstić information content (AvgIpc) is 2.77. The molecule has 110 valence electrons. The van der Waals surface area contributed by atoms with Crippen molar-refractivity contribution in [2.45, 2.75) is 24.7 Å². The largest absolute Gasteiger partial charge is 0.416 e. The second-order valence-electron chi connectivity index (χ2n) is 4.53. The van der Waals surface area contributed by atoms with Gasteiger partial charge in [-0.15, -0.1) is 0 Å². The van der Waals surface area contributed by atoms with Crippen molar-refractivity contribution in [1.29, 1.82) is 0 Å². The van der Waals surface area contributed by atoms with Crippen LogP contribution in [0.3, 0.4) is 0 Å². The molecular formula is C12H12ClF3N2O2. The van der Waals surface area contributed by atoms with Gasteiger partial charge in [-0.2, -0.15) is 13.2 Å². The van der Waals surface area contributed by atoms with Crippen LogP contribution >= 0.6 is 11.6 Å². The van der Waals surface area contributed by atoms with Crippen molar-refractivity contribution >= 4 is 23.2 Å². The van der Waals surface area contributed by atoms with E-state index in [1.165, 1.54) is 0 Å². The number of rotatable bonds is 2. The predicted octanol–water partition coefficient (Wildman–Crippen LogP) is 2.02. The van der Waals surface area contributed by atoms with E-state index in [1.54, 1.807) is 0 Å². The van der Waals surface area contributed by atoms with E-state index in [9.17, 15) is 23.1 Å². The Morgan fingerprint density at radius 3 is 2.65 bits per heavy atom. The van der Waals surface area contributed by atoms with E-state index >= 15 is 0 Å². The Balaban J connectivity index is 2.08. The SMILES string of the molecule is O=C(Nc1ccc(C(F)(F)F)cc1Cl)C1CC(O)CN1. The van der Waals surface area contributed by atoms with E-state index in [0.717, 1.165) is 18.2 Å². The van der Waals surface area contributed by atoms with Crippen molar-refractivity contribution in [3.63, 3.8) is 0 Å². The predicted molar refractivity (Wildman–Crippen MR) is 67.5 cm³/mol. The first-order valence-corrected chi connectivity index (χ1v) is 6.24. The highest BCUT2D eigenvalue weighted by atomic mass is 35.5. The lowest BCUT2D eigenvalue weighted by Crippen LogP contribution is -2.35. The zero-order valence-corrected chi connectivity index (χ0v) is 10.9. The second kappa shape index (κ2) is 5.59. The van der Waals surface area contributed by atoms with Gasteiger partial charge in [0.15, 0.2) is 0 Å². The quantitative estimate of drug-likeness (QED) is 0.783. The fourth-order valence-corrected chi connectivity index (χ4v) is 2.16. The van der Waals surface area contributed by atoms with Crippen LogP contribution in [-0.2, 0) is 11.0 Å². The van der Waals surface area contributed by atoms with Crippen molar-refractivity contribution in [1.82, 2.24) is 5.32 Å². The first-order chi connectivity index (χ1) is 9.27. The molecule has 2 rings (SSSR count). The summed E-state index contributed by atoms with van der Waals surface area (Å²) in [6.07, 6.45) is -4.83. The van der Waals surface area contributed by atoms with Crippen molar-refractivity contribution in [3.8, 4) is 0 Å². The van der Waals surface area contributed by atoms with Crippen LogP contribution in [0.2, 0.25) is 5.02 Å². The monoisotopic (exact) mass is 308 g/mol. The Morgan fingerprint density at radius 1 is 1.45 bits per heavy atom. The Hall–Kier alpha value is -1.31. The van der Waals surface area contributed by atoms with Gasteiger partial charge in [-0.3, -0.25) is 4.79 Å². The van der Waals surface area contributed by atoms with Gasteiger partial charge >= 0.3 is 6.18 Å². The summed E-state index contributed by atoms with van der Waals surface area (Å²) in [7, 11) is 0. The number of halogens is 4. The highest BCUT2D eigenvalue weighted by Crippen LogP contribution is 2.33. The number of β-amino-alcohol motifs (C(OH)–C–C–N with tert-alkyl or cyclic N) is 1. The molecule has 1 saturated heterocycles. The maximum Gasteiger partial charge on any atom is 0.416 e. The number of amides is 1. The summed E-state index contributed by atoms with van der Waals surface area (Å²) in [6, 6.07) is 2.13. The van der Waals surface area contributed by atoms with E-state index < -0.39 is 29.8 Å². The molecule has 0 bridgehead atoms. The minimum Gasteiger partial charge on any atom is -0.392 e. The van der Waals surface area contributed by atoms with Crippen LogP contribution in [0, 0.1) is 0 Å². The molecule has 20 heavy (non-hydrogen) atoms. The molecule has 1 heterocycles. The number of hydrogen-bond acceptors (Lipinski definition) is 3. The number of aliphatic hydroxyl groups is 1. The molecule has 1 amide bonds. The molecule has 1 fully saturated rings. The minimum atomic E-state index is -4.48. The third-order valence-corrected chi connectivity index (χ3v) is 3.29. The first kappa shape index (κ1) is 15.1. The molecule has 8 heteroatoms. The van der Waals surface area contributed by atoms with E-state index in [-0.39, 0.29) is 17.1 Å². The van der Waals surface area contributed by atoms with E-state index in [4.69, 9.17) is 11.6 Å². The zero-order chi connectivity index (χ0) is 14.9. The van der Waals surface area contributed by atoms with Crippen molar-refractivity contribution in [2.75, 3.05) is 11.9 Å². The van der Waals surface area contributed by atoms with Gasteiger partial charge in [0.2, 0.25) is 5.91 Å². The Kier molecular flexibility index (Phi) is 4.22. The molecule has 0 saturated carbocycles. The normalized spacial score (nSPS) is 22.9. The fraction of sp³-hybridized carbons (Fsp3) is 0.417. The molecule has 3 N–H and O–H groups in total. The van der Waals surface area contributed by atoms with Crippen molar-refractivity contribution < 1.29 is 23.1 Å². The average molecular weight is 309 g/mol. The maximum absolute atomic E-state index is 12.5. The van der Waals surface area contributed by atoms with Crippen LogP contribution in [-0.4, -0.2) is 29.7 Å². The van der Waals surface area contributed by atoms with Gasteiger partial charge < -0.3 is 15.7 Å². The number of anilines is 1. The van der Waals surface area contributed by atoms with Crippen LogP contribution < -0.4 is 10.6 Å². The van der Waals surface area contributed by atoms with Gasteiger partial charge in [0, 0.05) is 6.54 Å². The van der Waals surface area contributed by atoms with Crippen molar-refractivity contribution in [2.24, 2.45) is 0 Å². The zero-order valence-electron chi connectivity index (χ0n) is 10.2. The highest BCUT2D eigenvalue weighted by molar-refractivity contribution is 6.33. The molecule has 0 radical (unpaired) electrons. The number of alkyl halides is 3. The number of hydrogen-bond donors (Lipinski definition) is 3. The molecule has 0 aromatic heterocycles. The Bertz CT molecular complexity index is 522. The summed E-state index contributed by atoms with van der Waals surface area (Å²) in [6.45, 7) is 0.304. The second-order valence-corrected chi connectivity index (χ2v) is 4.94. The molecule has 4 nitrogen and oxygen atoms in total. The molecule has 2 unspecified atom stereocenters. The summed E-state index contributed by atoms with van der Waals surface area (Å²) >= 11 is 5.73.